The number of benzene rings is 3. The SMILES string of the molecule is CCNC(=O)c1cccc(C(CCN2CCC3(C=Cc4ccccc43)CC2)C(=O)NCc2cc(C(F)(F)F)cc(C(F)(F)F)c2)c1. The molecular weight excluding hydrogens is 608 g/mol. The van der Waals surface area contributed by atoms with Gasteiger partial charge >= 0.3 is 12.4 Å². The topological polar surface area (TPSA) is 61.4 Å². The van der Waals surface area contributed by atoms with E-state index in [1.807, 2.05) is 12.1 Å². The van der Waals surface area contributed by atoms with Crippen LogP contribution in [-0.4, -0.2) is 42.9 Å². The zero-order valence-electron chi connectivity index (χ0n) is 25.3. The number of nitrogens with zero attached hydrogens (tertiary/aromatic N) is 1. The van der Waals surface area contributed by atoms with Gasteiger partial charge in [-0.2, -0.15) is 26.3 Å². The van der Waals surface area contributed by atoms with Crippen molar-refractivity contribution >= 4 is 17.9 Å². The van der Waals surface area contributed by atoms with E-state index in [1.54, 1.807) is 31.2 Å². The highest BCUT2D eigenvalue weighted by Crippen LogP contribution is 2.44. The molecule has 5 nitrogen and oxygen atoms in total. The summed E-state index contributed by atoms with van der Waals surface area (Å²) in [4.78, 5) is 28.4. The van der Waals surface area contributed by atoms with Crippen molar-refractivity contribution in [1.82, 2.24) is 15.5 Å². The predicted octanol–water partition coefficient (Wildman–Crippen LogP) is 7.32. The first-order valence-corrected chi connectivity index (χ1v) is 15.2. The van der Waals surface area contributed by atoms with Crippen molar-refractivity contribution in [2.24, 2.45) is 0 Å². The average Bonchev–Trinajstić information content (AvgIpc) is 3.38. The number of allylic oxidation sites excluding steroid dienone is 1. The van der Waals surface area contributed by atoms with E-state index in [1.165, 1.54) is 11.1 Å². The van der Waals surface area contributed by atoms with Gasteiger partial charge < -0.3 is 15.5 Å². The van der Waals surface area contributed by atoms with Crippen LogP contribution in [0.1, 0.15) is 75.8 Å². The number of hydrogen-bond acceptors (Lipinski definition) is 3. The normalized spacial score (nSPS) is 16.7. The third-order valence-electron chi connectivity index (χ3n) is 8.88. The number of alkyl halides is 6. The van der Waals surface area contributed by atoms with Crippen LogP contribution in [0, 0.1) is 0 Å². The Labute approximate surface area is 263 Å². The number of likely N-dealkylation sites (tertiary alicyclic amines) is 1. The molecule has 5 rings (SSSR count). The van der Waals surface area contributed by atoms with Gasteiger partial charge in [-0.25, -0.2) is 0 Å². The van der Waals surface area contributed by atoms with Gasteiger partial charge in [0.2, 0.25) is 5.91 Å². The minimum Gasteiger partial charge on any atom is -0.352 e. The van der Waals surface area contributed by atoms with E-state index in [2.05, 4.69) is 39.8 Å². The summed E-state index contributed by atoms with van der Waals surface area (Å²) in [5, 5.41) is 5.28. The van der Waals surface area contributed by atoms with E-state index in [4.69, 9.17) is 0 Å². The number of hydrogen-bond donors (Lipinski definition) is 2. The Balaban J connectivity index is 1.33. The van der Waals surface area contributed by atoms with Gasteiger partial charge in [-0.05, 0) is 98.4 Å². The third-order valence-corrected chi connectivity index (χ3v) is 8.88. The molecule has 1 saturated heterocycles. The lowest BCUT2D eigenvalue weighted by molar-refractivity contribution is -0.143. The van der Waals surface area contributed by atoms with Crippen molar-refractivity contribution in [2.75, 3.05) is 26.2 Å². The summed E-state index contributed by atoms with van der Waals surface area (Å²) in [5.41, 5.74) is 0.182. The van der Waals surface area contributed by atoms with E-state index in [9.17, 15) is 35.9 Å². The smallest absolute Gasteiger partial charge is 0.352 e. The molecule has 1 atom stereocenters. The minimum atomic E-state index is -4.99. The number of piperidine rings is 1. The zero-order chi connectivity index (χ0) is 33.1. The van der Waals surface area contributed by atoms with Crippen LogP contribution in [0.25, 0.3) is 6.08 Å². The standard InChI is InChI=1S/C35H35F6N3O2/c1-2-42-31(45)26-8-5-7-25(20-26)29(11-15-44-16-13-33(14-17-44)12-10-24-6-3-4-9-30(24)33)32(46)43-22-23-18-27(34(36,37)38)21-28(19-23)35(39,40)41/h3-10,12,18-21,29H,2,11,13-17,22H2,1H3,(H,42,45)(H,43,46). The maximum absolute atomic E-state index is 13.6. The van der Waals surface area contributed by atoms with Crippen molar-refractivity contribution in [3.8, 4) is 0 Å². The number of amides is 2. The summed E-state index contributed by atoms with van der Waals surface area (Å²) >= 11 is 0. The van der Waals surface area contributed by atoms with Crippen LogP contribution >= 0.6 is 0 Å². The summed E-state index contributed by atoms with van der Waals surface area (Å²) in [5.74, 6) is -1.68. The van der Waals surface area contributed by atoms with Gasteiger partial charge in [0.1, 0.15) is 0 Å². The molecule has 2 amide bonds. The highest BCUT2D eigenvalue weighted by Gasteiger charge is 2.39. The highest BCUT2D eigenvalue weighted by atomic mass is 19.4. The van der Waals surface area contributed by atoms with Crippen molar-refractivity contribution in [3.05, 3.63) is 112 Å². The molecule has 1 heterocycles. The second kappa shape index (κ2) is 13.3. The quantitative estimate of drug-likeness (QED) is 0.240. The molecule has 1 unspecified atom stereocenters. The molecule has 0 saturated carbocycles. The van der Waals surface area contributed by atoms with Crippen LogP contribution in [0.15, 0.2) is 72.8 Å². The number of carbonyl (C=O) groups is 2. The molecule has 46 heavy (non-hydrogen) atoms. The molecule has 244 valence electrons. The molecular formula is C35H35F6N3O2. The molecule has 1 fully saturated rings. The van der Waals surface area contributed by atoms with Crippen molar-refractivity contribution < 1.29 is 35.9 Å². The fourth-order valence-corrected chi connectivity index (χ4v) is 6.40. The van der Waals surface area contributed by atoms with E-state index >= 15 is 0 Å². The summed E-state index contributed by atoms with van der Waals surface area (Å²) in [6.45, 7) is 3.76. The molecule has 3 aromatic rings. The number of fused-ring (bicyclic) bond motifs is 2. The second-order valence-corrected chi connectivity index (χ2v) is 11.9. The van der Waals surface area contributed by atoms with E-state index in [0.29, 0.717) is 42.8 Å². The fraction of sp³-hybridized carbons (Fsp3) is 0.371. The summed E-state index contributed by atoms with van der Waals surface area (Å²) in [6, 6.07) is 16.2. The van der Waals surface area contributed by atoms with E-state index in [-0.39, 0.29) is 23.0 Å². The largest absolute Gasteiger partial charge is 0.416 e. The summed E-state index contributed by atoms with van der Waals surface area (Å²) in [6.07, 6.45) is -3.41. The summed E-state index contributed by atoms with van der Waals surface area (Å²) < 4.78 is 80.4. The molecule has 0 radical (unpaired) electrons. The molecule has 2 aliphatic rings. The number of rotatable bonds is 9. The van der Waals surface area contributed by atoms with Crippen LogP contribution in [0.4, 0.5) is 26.3 Å². The molecule has 11 heteroatoms. The molecule has 1 aliphatic carbocycles. The lowest BCUT2D eigenvalue weighted by atomic mass is 9.74. The molecule has 2 N–H and O–H groups in total. The first kappa shape index (κ1) is 33.2. The van der Waals surface area contributed by atoms with Crippen molar-refractivity contribution in [1.29, 1.82) is 0 Å². The van der Waals surface area contributed by atoms with Gasteiger partial charge in [-0.1, -0.05) is 48.6 Å². The van der Waals surface area contributed by atoms with Crippen LogP contribution in [0.3, 0.4) is 0 Å². The molecule has 1 aliphatic heterocycles. The van der Waals surface area contributed by atoms with Crippen molar-refractivity contribution in [3.63, 3.8) is 0 Å². The van der Waals surface area contributed by atoms with Crippen LogP contribution in [-0.2, 0) is 29.1 Å². The Morgan fingerprint density at radius 1 is 0.870 bits per heavy atom. The predicted molar refractivity (Wildman–Crippen MR) is 163 cm³/mol. The fourth-order valence-electron chi connectivity index (χ4n) is 6.40. The van der Waals surface area contributed by atoms with Crippen molar-refractivity contribution in [2.45, 2.75) is 56.4 Å². The van der Waals surface area contributed by atoms with E-state index in [0.717, 1.165) is 25.9 Å². The lowest BCUT2D eigenvalue weighted by Gasteiger charge is -2.39. The first-order valence-electron chi connectivity index (χ1n) is 15.2. The van der Waals surface area contributed by atoms with Gasteiger partial charge in [0.25, 0.3) is 5.91 Å². The van der Waals surface area contributed by atoms with E-state index < -0.39 is 41.8 Å². The molecule has 0 bridgehead atoms. The first-order chi connectivity index (χ1) is 21.8. The number of carbonyl (C=O) groups excluding carboxylic acids is 2. The van der Waals surface area contributed by atoms with Gasteiger partial charge in [0, 0.05) is 24.1 Å². The van der Waals surface area contributed by atoms with Crippen LogP contribution < -0.4 is 10.6 Å². The van der Waals surface area contributed by atoms with Gasteiger partial charge in [-0.3, -0.25) is 9.59 Å². The molecule has 3 aromatic carbocycles. The lowest BCUT2D eigenvalue weighted by Crippen LogP contribution is -2.42. The molecule has 0 aromatic heterocycles. The van der Waals surface area contributed by atoms with Gasteiger partial charge in [0.05, 0.1) is 17.0 Å². The monoisotopic (exact) mass is 643 g/mol. The highest BCUT2D eigenvalue weighted by molar-refractivity contribution is 5.95. The maximum Gasteiger partial charge on any atom is 0.416 e. The Bertz CT molecular complexity index is 1570. The maximum atomic E-state index is 13.6. The number of halogens is 6. The second-order valence-electron chi connectivity index (χ2n) is 11.9. The Kier molecular flexibility index (Phi) is 9.62. The van der Waals surface area contributed by atoms with Crippen LogP contribution in [0.2, 0.25) is 0 Å². The Hall–Kier alpha value is -4.12. The Morgan fingerprint density at radius 2 is 1.54 bits per heavy atom. The van der Waals surface area contributed by atoms with Gasteiger partial charge in [-0.15, -0.1) is 0 Å². The average molecular weight is 644 g/mol. The zero-order valence-corrected chi connectivity index (χ0v) is 25.3. The third kappa shape index (κ3) is 7.46. The van der Waals surface area contributed by atoms with Gasteiger partial charge in [0.15, 0.2) is 0 Å². The van der Waals surface area contributed by atoms with Crippen LogP contribution in [0.5, 0.6) is 0 Å². The molecule has 1 spiro atoms. The number of nitrogens with one attached hydrogen (secondary N) is 2. The Morgan fingerprint density at radius 3 is 2.20 bits per heavy atom. The minimum absolute atomic E-state index is 0.0228. The summed E-state index contributed by atoms with van der Waals surface area (Å²) in [7, 11) is 0.